The number of rotatable bonds is 2. The Bertz CT molecular complexity index is 573. The lowest BCUT2D eigenvalue weighted by molar-refractivity contribution is 0.730. The van der Waals surface area contributed by atoms with Gasteiger partial charge in [0, 0.05) is 17.5 Å². The average Bonchev–Trinajstić information content (AvgIpc) is 2.70. The summed E-state index contributed by atoms with van der Waals surface area (Å²) in [5.41, 5.74) is 8.89. The molecule has 2 nitrogen and oxygen atoms in total. The van der Waals surface area contributed by atoms with E-state index in [4.69, 9.17) is 17.3 Å². The van der Waals surface area contributed by atoms with E-state index in [9.17, 15) is 0 Å². The molecule has 0 spiro atoms. The Balaban J connectivity index is 1.83. The zero-order valence-electron chi connectivity index (χ0n) is 9.71. The molecule has 0 saturated carbocycles. The van der Waals surface area contributed by atoms with Crippen molar-refractivity contribution in [3.63, 3.8) is 0 Å². The van der Waals surface area contributed by atoms with Gasteiger partial charge < -0.3 is 5.73 Å². The number of hydrogen-bond donors (Lipinski definition) is 1. The van der Waals surface area contributed by atoms with Gasteiger partial charge in [-0.3, -0.25) is 0 Å². The average molecular weight is 277 g/mol. The van der Waals surface area contributed by atoms with Crippen LogP contribution in [0.5, 0.6) is 0 Å². The molecule has 2 unspecified atom stereocenters. The molecule has 0 saturated heterocycles. The van der Waals surface area contributed by atoms with Crippen molar-refractivity contribution in [2.24, 2.45) is 5.73 Å². The Labute approximate surface area is 116 Å². The SMILES string of the molecule is NC1c2ccccc2CC1Sc1ncccc1Cl. The second-order valence-electron chi connectivity index (χ2n) is 4.38. The highest BCUT2D eigenvalue weighted by Gasteiger charge is 2.30. The number of aromatic nitrogens is 1. The Morgan fingerprint density at radius 1 is 1.22 bits per heavy atom. The van der Waals surface area contributed by atoms with Gasteiger partial charge >= 0.3 is 0 Å². The van der Waals surface area contributed by atoms with E-state index in [2.05, 4.69) is 23.2 Å². The highest BCUT2D eigenvalue weighted by Crippen LogP contribution is 2.40. The number of thioether (sulfide) groups is 1. The van der Waals surface area contributed by atoms with Gasteiger partial charge in [-0.25, -0.2) is 4.98 Å². The van der Waals surface area contributed by atoms with E-state index in [0.717, 1.165) is 11.4 Å². The fourth-order valence-corrected chi connectivity index (χ4v) is 3.71. The number of halogens is 1. The van der Waals surface area contributed by atoms with Crippen LogP contribution in [0, 0.1) is 0 Å². The molecule has 2 N–H and O–H groups in total. The predicted molar refractivity (Wildman–Crippen MR) is 76.0 cm³/mol. The molecule has 0 amide bonds. The smallest absolute Gasteiger partial charge is 0.115 e. The molecule has 18 heavy (non-hydrogen) atoms. The van der Waals surface area contributed by atoms with Crippen molar-refractivity contribution in [3.05, 3.63) is 58.7 Å². The van der Waals surface area contributed by atoms with E-state index in [-0.39, 0.29) is 6.04 Å². The van der Waals surface area contributed by atoms with Gasteiger partial charge in [0.1, 0.15) is 5.03 Å². The summed E-state index contributed by atoms with van der Waals surface area (Å²) in [6.07, 6.45) is 2.75. The summed E-state index contributed by atoms with van der Waals surface area (Å²) in [4.78, 5) is 4.31. The maximum absolute atomic E-state index is 6.30. The summed E-state index contributed by atoms with van der Waals surface area (Å²) in [5, 5.41) is 1.88. The number of benzene rings is 1. The van der Waals surface area contributed by atoms with E-state index in [1.807, 2.05) is 18.2 Å². The molecule has 2 aromatic rings. The maximum atomic E-state index is 6.30. The molecule has 3 rings (SSSR count). The zero-order chi connectivity index (χ0) is 12.5. The summed E-state index contributed by atoms with van der Waals surface area (Å²) in [7, 11) is 0. The lowest BCUT2D eigenvalue weighted by atomic mass is 10.1. The minimum atomic E-state index is 0.0595. The van der Waals surface area contributed by atoms with E-state index in [0.29, 0.717) is 10.3 Å². The molecule has 4 heteroatoms. The third kappa shape index (κ3) is 2.14. The minimum Gasteiger partial charge on any atom is -0.323 e. The number of nitrogens with zero attached hydrogens (tertiary/aromatic N) is 1. The van der Waals surface area contributed by atoms with Gasteiger partial charge in [0.2, 0.25) is 0 Å². The van der Waals surface area contributed by atoms with Gasteiger partial charge in [-0.15, -0.1) is 0 Å². The van der Waals surface area contributed by atoms with Gasteiger partial charge in [0.05, 0.1) is 5.02 Å². The normalized spacial score (nSPS) is 21.9. The van der Waals surface area contributed by atoms with Gasteiger partial charge in [0.15, 0.2) is 0 Å². The van der Waals surface area contributed by atoms with E-state index < -0.39 is 0 Å². The standard InChI is InChI=1S/C14H13ClN2S/c15-11-6-3-7-17-14(11)18-12-8-9-4-1-2-5-10(9)13(12)16/h1-7,12-13H,8,16H2. The molecule has 92 valence electrons. The van der Waals surface area contributed by atoms with Crippen molar-refractivity contribution >= 4 is 23.4 Å². The third-order valence-electron chi connectivity index (χ3n) is 3.22. The molecule has 1 aromatic carbocycles. The molecule has 0 radical (unpaired) electrons. The predicted octanol–water partition coefficient (Wildman–Crippen LogP) is 3.45. The topological polar surface area (TPSA) is 38.9 Å². The van der Waals surface area contributed by atoms with Crippen LogP contribution in [-0.2, 0) is 6.42 Å². The van der Waals surface area contributed by atoms with Crippen LogP contribution in [0.1, 0.15) is 17.2 Å². The van der Waals surface area contributed by atoms with Crippen LogP contribution >= 0.6 is 23.4 Å². The minimum absolute atomic E-state index is 0.0595. The highest BCUT2D eigenvalue weighted by molar-refractivity contribution is 8.00. The summed E-state index contributed by atoms with van der Waals surface area (Å²) in [6.45, 7) is 0. The van der Waals surface area contributed by atoms with Crippen molar-refractivity contribution in [1.29, 1.82) is 0 Å². The number of nitrogens with two attached hydrogens (primary N) is 1. The summed E-state index contributed by atoms with van der Waals surface area (Å²) in [6, 6.07) is 12.1. The first kappa shape index (κ1) is 12.0. The fourth-order valence-electron chi connectivity index (χ4n) is 2.31. The Morgan fingerprint density at radius 2 is 2.06 bits per heavy atom. The van der Waals surface area contributed by atoms with Crippen molar-refractivity contribution in [3.8, 4) is 0 Å². The summed E-state index contributed by atoms with van der Waals surface area (Å²) < 4.78 is 0. The van der Waals surface area contributed by atoms with Crippen LogP contribution in [-0.4, -0.2) is 10.2 Å². The molecule has 1 heterocycles. The molecule has 0 fully saturated rings. The Hall–Kier alpha value is -1.03. The first-order valence-corrected chi connectivity index (χ1v) is 7.12. The van der Waals surface area contributed by atoms with E-state index >= 15 is 0 Å². The van der Waals surface area contributed by atoms with Crippen molar-refractivity contribution in [2.75, 3.05) is 0 Å². The summed E-state index contributed by atoms with van der Waals surface area (Å²) >= 11 is 7.81. The first-order chi connectivity index (χ1) is 8.75. The maximum Gasteiger partial charge on any atom is 0.115 e. The quantitative estimate of drug-likeness (QED) is 0.913. The molecular weight excluding hydrogens is 264 g/mol. The van der Waals surface area contributed by atoms with Gasteiger partial charge in [0.25, 0.3) is 0 Å². The summed E-state index contributed by atoms with van der Waals surface area (Å²) in [5.74, 6) is 0. The van der Waals surface area contributed by atoms with Crippen LogP contribution in [0.2, 0.25) is 5.02 Å². The van der Waals surface area contributed by atoms with Crippen LogP contribution in [0.3, 0.4) is 0 Å². The number of hydrogen-bond acceptors (Lipinski definition) is 3. The molecule has 0 aliphatic heterocycles. The van der Waals surface area contributed by atoms with Gasteiger partial charge in [-0.05, 0) is 29.7 Å². The monoisotopic (exact) mass is 276 g/mol. The molecular formula is C14H13ClN2S. The Morgan fingerprint density at radius 3 is 2.83 bits per heavy atom. The molecule has 0 bridgehead atoms. The van der Waals surface area contributed by atoms with Crippen LogP contribution < -0.4 is 5.73 Å². The first-order valence-electron chi connectivity index (χ1n) is 5.86. The number of fused-ring (bicyclic) bond motifs is 1. The van der Waals surface area contributed by atoms with Gasteiger partial charge in [-0.1, -0.05) is 47.6 Å². The van der Waals surface area contributed by atoms with Crippen molar-refractivity contribution in [2.45, 2.75) is 22.7 Å². The largest absolute Gasteiger partial charge is 0.323 e. The lowest BCUT2D eigenvalue weighted by Crippen LogP contribution is -2.19. The van der Waals surface area contributed by atoms with Crippen LogP contribution in [0.25, 0.3) is 0 Å². The molecule has 2 atom stereocenters. The van der Waals surface area contributed by atoms with Gasteiger partial charge in [-0.2, -0.15) is 0 Å². The van der Waals surface area contributed by atoms with E-state index in [1.165, 1.54) is 11.1 Å². The Kier molecular flexibility index (Phi) is 3.29. The molecule has 1 aromatic heterocycles. The van der Waals surface area contributed by atoms with Crippen molar-refractivity contribution in [1.82, 2.24) is 4.98 Å². The molecule has 1 aliphatic rings. The second kappa shape index (κ2) is 4.92. The van der Waals surface area contributed by atoms with Crippen molar-refractivity contribution < 1.29 is 0 Å². The highest BCUT2D eigenvalue weighted by atomic mass is 35.5. The van der Waals surface area contributed by atoms with Crippen LogP contribution in [0.4, 0.5) is 0 Å². The second-order valence-corrected chi connectivity index (χ2v) is 6.01. The lowest BCUT2D eigenvalue weighted by Gasteiger charge is -2.15. The zero-order valence-corrected chi connectivity index (χ0v) is 11.3. The number of pyridine rings is 1. The van der Waals surface area contributed by atoms with E-state index in [1.54, 1.807) is 18.0 Å². The fraction of sp³-hybridized carbons (Fsp3) is 0.214. The molecule has 1 aliphatic carbocycles. The van der Waals surface area contributed by atoms with Crippen LogP contribution in [0.15, 0.2) is 47.6 Å². The third-order valence-corrected chi connectivity index (χ3v) is 4.95.